The largest absolute Gasteiger partial charge is 0.236 e. The summed E-state index contributed by atoms with van der Waals surface area (Å²) in [7, 11) is 0. The highest BCUT2D eigenvalue weighted by Gasteiger charge is 2.25. The molecule has 0 aliphatic heterocycles. The van der Waals surface area contributed by atoms with Crippen LogP contribution in [0, 0.1) is 0 Å². The third-order valence-corrected chi connectivity index (χ3v) is 5.40. The molecule has 1 aliphatic rings. The summed E-state index contributed by atoms with van der Waals surface area (Å²) in [6, 6.07) is 8.64. The number of aryl methyl sites for hydroxylation is 2. The molecule has 0 radical (unpaired) electrons. The van der Waals surface area contributed by atoms with Gasteiger partial charge in [0, 0.05) is 5.92 Å². The maximum absolute atomic E-state index is 6.30. The summed E-state index contributed by atoms with van der Waals surface area (Å²) in [5.74, 6) is 1.15. The maximum atomic E-state index is 6.30. The summed E-state index contributed by atoms with van der Waals surface area (Å²) in [4.78, 5) is 9.35. The quantitative estimate of drug-likeness (QED) is 0.689. The molecule has 3 rings (SSSR count). The average molecular weight is 366 g/mol. The van der Waals surface area contributed by atoms with Crippen molar-refractivity contribution >= 4 is 27.5 Å². The zero-order valence-corrected chi connectivity index (χ0v) is 14.4. The lowest BCUT2D eigenvalue weighted by Gasteiger charge is -2.25. The zero-order chi connectivity index (χ0) is 14.8. The topological polar surface area (TPSA) is 25.8 Å². The number of benzene rings is 1. The highest BCUT2D eigenvalue weighted by Crippen LogP contribution is 2.36. The molecule has 4 heteroatoms. The van der Waals surface area contributed by atoms with E-state index >= 15 is 0 Å². The van der Waals surface area contributed by atoms with E-state index in [1.54, 1.807) is 0 Å². The fourth-order valence-electron chi connectivity index (χ4n) is 3.06. The lowest BCUT2D eigenvalue weighted by Crippen LogP contribution is -2.15. The van der Waals surface area contributed by atoms with E-state index in [9.17, 15) is 0 Å². The Bertz CT molecular complexity index is 657. The molecular weight excluding hydrogens is 348 g/mol. The van der Waals surface area contributed by atoms with Gasteiger partial charge in [0.1, 0.15) is 11.0 Å². The van der Waals surface area contributed by atoms with E-state index < -0.39 is 0 Å². The first-order chi connectivity index (χ1) is 10.2. The Hall–Kier alpha value is -0.930. The number of rotatable bonds is 3. The minimum Gasteiger partial charge on any atom is -0.236 e. The fourth-order valence-corrected chi connectivity index (χ4v) is 3.63. The Morgan fingerprint density at radius 3 is 2.90 bits per heavy atom. The Labute approximate surface area is 139 Å². The van der Waals surface area contributed by atoms with E-state index in [2.05, 4.69) is 52.1 Å². The summed E-state index contributed by atoms with van der Waals surface area (Å²) in [6.07, 6.45) is 5.40. The third-order valence-electron chi connectivity index (χ3n) is 4.06. The van der Waals surface area contributed by atoms with Crippen LogP contribution in [-0.2, 0) is 12.8 Å². The van der Waals surface area contributed by atoms with Crippen LogP contribution in [0.4, 0.5) is 0 Å². The van der Waals surface area contributed by atoms with Crippen molar-refractivity contribution in [2.24, 2.45) is 0 Å². The molecule has 110 valence electrons. The van der Waals surface area contributed by atoms with Crippen LogP contribution in [0.3, 0.4) is 0 Å². The maximum Gasteiger partial charge on any atom is 0.147 e. The van der Waals surface area contributed by atoms with Crippen LogP contribution in [0.5, 0.6) is 0 Å². The van der Waals surface area contributed by atoms with Crippen molar-refractivity contribution in [1.82, 2.24) is 9.97 Å². The monoisotopic (exact) mass is 364 g/mol. The molecule has 0 N–H and O–H groups in total. The van der Waals surface area contributed by atoms with Crippen LogP contribution in [0.15, 0.2) is 28.7 Å². The van der Waals surface area contributed by atoms with Crippen LogP contribution < -0.4 is 0 Å². The number of aromatic nitrogens is 2. The number of fused-ring (bicyclic) bond motifs is 1. The van der Waals surface area contributed by atoms with Crippen LogP contribution in [0.2, 0.25) is 5.15 Å². The van der Waals surface area contributed by atoms with Gasteiger partial charge < -0.3 is 0 Å². The Kier molecular flexibility index (Phi) is 4.60. The van der Waals surface area contributed by atoms with Gasteiger partial charge in [-0.05, 0) is 52.7 Å². The molecule has 21 heavy (non-hydrogen) atoms. The Morgan fingerprint density at radius 2 is 2.10 bits per heavy atom. The van der Waals surface area contributed by atoms with Crippen molar-refractivity contribution in [1.29, 1.82) is 0 Å². The van der Waals surface area contributed by atoms with Gasteiger partial charge in [-0.3, -0.25) is 0 Å². The highest BCUT2D eigenvalue weighted by atomic mass is 79.9. The van der Waals surface area contributed by atoms with Crippen molar-refractivity contribution < 1.29 is 0 Å². The first kappa shape index (κ1) is 15.0. The predicted octanol–water partition coefficient (Wildman–Crippen LogP) is 5.31. The number of hydrogen-bond acceptors (Lipinski definition) is 2. The van der Waals surface area contributed by atoms with Crippen molar-refractivity contribution in [3.8, 4) is 0 Å². The van der Waals surface area contributed by atoms with Crippen LogP contribution in [-0.4, -0.2) is 9.97 Å². The average Bonchev–Trinajstić information content (AvgIpc) is 2.51. The fraction of sp³-hybridized carbons (Fsp3) is 0.412. The lowest BCUT2D eigenvalue weighted by atomic mass is 9.82. The summed E-state index contributed by atoms with van der Waals surface area (Å²) in [5, 5.41) is 0.534. The second-order valence-electron chi connectivity index (χ2n) is 5.53. The molecule has 1 unspecified atom stereocenters. The normalized spacial score (nSPS) is 17.6. The standard InChI is InChI=1S/C17H18BrClN2/c1-2-6-14-15(18)16(19)21-17(20-14)13-10-5-8-11-7-3-4-9-12(11)13/h3-4,7,9,13H,2,5-6,8,10H2,1H3. The predicted molar refractivity (Wildman–Crippen MR) is 90.0 cm³/mol. The molecule has 1 aliphatic carbocycles. The summed E-state index contributed by atoms with van der Waals surface area (Å²) >= 11 is 9.82. The van der Waals surface area contributed by atoms with Crippen LogP contribution >= 0.6 is 27.5 Å². The van der Waals surface area contributed by atoms with Gasteiger partial charge in [-0.15, -0.1) is 0 Å². The van der Waals surface area contributed by atoms with E-state index in [0.29, 0.717) is 5.15 Å². The van der Waals surface area contributed by atoms with Gasteiger partial charge in [-0.25, -0.2) is 9.97 Å². The van der Waals surface area contributed by atoms with Crippen LogP contribution in [0.25, 0.3) is 0 Å². The smallest absolute Gasteiger partial charge is 0.147 e. The molecule has 1 heterocycles. The van der Waals surface area contributed by atoms with Gasteiger partial charge in [-0.1, -0.05) is 49.2 Å². The minimum absolute atomic E-state index is 0.274. The van der Waals surface area contributed by atoms with Gasteiger partial charge in [-0.2, -0.15) is 0 Å². The number of halogens is 2. The third kappa shape index (κ3) is 3.00. The molecule has 0 amide bonds. The SMILES string of the molecule is CCCc1nc(C2CCCc3ccccc32)nc(Cl)c1Br. The van der Waals surface area contributed by atoms with Gasteiger partial charge >= 0.3 is 0 Å². The van der Waals surface area contributed by atoms with Gasteiger partial charge in [0.05, 0.1) is 10.2 Å². The molecular formula is C17H18BrClN2. The second-order valence-corrected chi connectivity index (χ2v) is 6.68. The number of nitrogens with zero attached hydrogens (tertiary/aromatic N) is 2. The molecule has 0 spiro atoms. The Balaban J connectivity index is 2.05. The Morgan fingerprint density at radius 1 is 1.29 bits per heavy atom. The van der Waals surface area contributed by atoms with Gasteiger partial charge in [0.15, 0.2) is 0 Å². The van der Waals surface area contributed by atoms with E-state index in [0.717, 1.165) is 41.7 Å². The molecule has 0 fully saturated rings. The van der Waals surface area contributed by atoms with E-state index in [4.69, 9.17) is 16.6 Å². The molecule has 1 aromatic heterocycles. The van der Waals surface area contributed by atoms with E-state index in [1.807, 2.05) is 0 Å². The summed E-state index contributed by atoms with van der Waals surface area (Å²) < 4.78 is 0.846. The molecule has 1 aromatic carbocycles. The number of hydrogen-bond donors (Lipinski definition) is 0. The van der Waals surface area contributed by atoms with Gasteiger partial charge in [0.25, 0.3) is 0 Å². The lowest BCUT2D eigenvalue weighted by molar-refractivity contribution is 0.586. The van der Waals surface area contributed by atoms with E-state index in [-0.39, 0.29) is 5.92 Å². The molecule has 0 bridgehead atoms. The van der Waals surface area contributed by atoms with Crippen molar-refractivity contribution in [2.45, 2.75) is 44.9 Å². The van der Waals surface area contributed by atoms with Crippen molar-refractivity contribution in [3.63, 3.8) is 0 Å². The summed E-state index contributed by atoms with van der Waals surface area (Å²) in [5.41, 5.74) is 3.81. The first-order valence-corrected chi connectivity index (χ1v) is 8.67. The highest BCUT2D eigenvalue weighted by molar-refractivity contribution is 9.10. The molecule has 0 saturated heterocycles. The second kappa shape index (κ2) is 6.45. The van der Waals surface area contributed by atoms with Crippen molar-refractivity contribution in [3.05, 3.63) is 56.5 Å². The first-order valence-electron chi connectivity index (χ1n) is 7.50. The molecule has 1 atom stereocenters. The molecule has 2 nitrogen and oxygen atoms in total. The van der Waals surface area contributed by atoms with E-state index in [1.165, 1.54) is 17.5 Å². The summed E-state index contributed by atoms with van der Waals surface area (Å²) in [6.45, 7) is 2.15. The van der Waals surface area contributed by atoms with Crippen molar-refractivity contribution in [2.75, 3.05) is 0 Å². The zero-order valence-electron chi connectivity index (χ0n) is 12.1. The molecule has 0 saturated carbocycles. The minimum atomic E-state index is 0.274. The van der Waals surface area contributed by atoms with Gasteiger partial charge in [0.2, 0.25) is 0 Å². The molecule has 2 aromatic rings. The van der Waals surface area contributed by atoms with Crippen LogP contribution in [0.1, 0.15) is 54.7 Å².